The molecular weight excluding hydrogens is 396 g/mol. The average molecular weight is 422 g/mol. The number of hydrogen-bond acceptors (Lipinski definition) is 5. The van der Waals surface area contributed by atoms with Gasteiger partial charge in [-0.25, -0.2) is 4.68 Å². The number of hydrogen-bond donors (Lipinski definition) is 1. The molecule has 1 N–H and O–H groups in total. The third-order valence-corrected chi connectivity index (χ3v) is 4.90. The molecule has 1 heterocycles. The lowest BCUT2D eigenvalue weighted by Crippen LogP contribution is -2.31. The molecule has 0 aliphatic rings. The second kappa shape index (κ2) is 9.80. The van der Waals surface area contributed by atoms with E-state index < -0.39 is 5.91 Å². The van der Waals surface area contributed by atoms with Crippen molar-refractivity contribution in [2.75, 3.05) is 32.6 Å². The number of para-hydroxylation sites is 1. The van der Waals surface area contributed by atoms with Crippen LogP contribution in [0.1, 0.15) is 34.6 Å². The molecule has 0 radical (unpaired) electrons. The van der Waals surface area contributed by atoms with Gasteiger partial charge in [0.2, 0.25) is 0 Å². The summed E-state index contributed by atoms with van der Waals surface area (Å²) >= 11 is 0. The van der Waals surface area contributed by atoms with Gasteiger partial charge in [-0.1, -0.05) is 18.2 Å². The number of rotatable bonds is 8. The summed E-state index contributed by atoms with van der Waals surface area (Å²) in [4.78, 5) is 27.9. The van der Waals surface area contributed by atoms with Crippen molar-refractivity contribution < 1.29 is 19.1 Å². The number of benzene rings is 2. The van der Waals surface area contributed by atoms with Gasteiger partial charge in [0, 0.05) is 24.7 Å². The van der Waals surface area contributed by atoms with E-state index in [0.29, 0.717) is 41.5 Å². The first-order valence-electron chi connectivity index (χ1n) is 9.99. The molecule has 8 heteroatoms. The van der Waals surface area contributed by atoms with Gasteiger partial charge in [-0.2, -0.15) is 5.10 Å². The first-order valence-corrected chi connectivity index (χ1v) is 9.99. The Morgan fingerprint density at radius 3 is 2.16 bits per heavy atom. The van der Waals surface area contributed by atoms with E-state index in [1.165, 1.54) is 20.4 Å². The molecule has 0 aliphatic heterocycles. The smallest absolute Gasteiger partial charge is 0.259 e. The molecule has 0 fully saturated rings. The topological polar surface area (TPSA) is 85.7 Å². The Bertz CT molecular complexity index is 1040. The maximum absolute atomic E-state index is 13.1. The van der Waals surface area contributed by atoms with Crippen LogP contribution in [0.4, 0.5) is 5.82 Å². The highest BCUT2D eigenvalue weighted by molar-refractivity contribution is 6.08. The zero-order valence-electron chi connectivity index (χ0n) is 18.1. The van der Waals surface area contributed by atoms with E-state index >= 15 is 0 Å². The summed E-state index contributed by atoms with van der Waals surface area (Å²) in [7, 11) is 3.03. The van der Waals surface area contributed by atoms with Gasteiger partial charge in [-0.3, -0.25) is 9.59 Å². The Morgan fingerprint density at radius 2 is 1.61 bits per heavy atom. The number of nitrogens with zero attached hydrogens (tertiary/aromatic N) is 3. The van der Waals surface area contributed by atoms with Crippen LogP contribution in [0.15, 0.2) is 54.7 Å². The summed E-state index contributed by atoms with van der Waals surface area (Å²) in [5.41, 5.74) is 1.37. The molecule has 8 nitrogen and oxygen atoms in total. The number of ether oxygens (including phenoxy) is 2. The van der Waals surface area contributed by atoms with Crippen molar-refractivity contribution in [1.29, 1.82) is 0 Å². The minimum Gasteiger partial charge on any atom is -0.497 e. The second-order valence-electron chi connectivity index (χ2n) is 6.69. The molecule has 0 saturated carbocycles. The maximum atomic E-state index is 13.1. The molecule has 0 unspecified atom stereocenters. The standard InChI is InChI=1S/C23H26N4O4/c1-5-26(6-2)23(29)20-15-24-27(17-10-8-7-9-11-17)21(20)25-22(28)16-12-18(30-3)14-19(13-16)31-4/h7-15H,5-6H2,1-4H3,(H,25,28). The fraction of sp³-hybridized carbons (Fsp3) is 0.261. The van der Waals surface area contributed by atoms with Crippen LogP contribution < -0.4 is 14.8 Å². The van der Waals surface area contributed by atoms with Crippen molar-refractivity contribution in [2.24, 2.45) is 0 Å². The van der Waals surface area contributed by atoms with Crippen molar-refractivity contribution in [3.63, 3.8) is 0 Å². The number of aromatic nitrogens is 2. The molecule has 31 heavy (non-hydrogen) atoms. The molecule has 0 saturated heterocycles. The van der Waals surface area contributed by atoms with Crippen LogP contribution in [0.25, 0.3) is 5.69 Å². The van der Waals surface area contributed by atoms with Gasteiger partial charge in [0.25, 0.3) is 11.8 Å². The molecule has 0 atom stereocenters. The lowest BCUT2D eigenvalue weighted by molar-refractivity contribution is 0.0774. The van der Waals surface area contributed by atoms with E-state index in [1.807, 2.05) is 44.2 Å². The number of anilines is 1. The summed E-state index contributed by atoms with van der Waals surface area (Å²) in [5, 5.41) is 7.24. The van der Waals surface area contributed by atoms with Gasteiger partial charge in [-0.15, -0.1) is 0 Å². The lowest BCUT2D eigenvalue weighted by atomic mass is 10.1. The van der Waals surface area contributed by atoms with Gasteiger partial charge in [-0.05, 0) is 38.1 Å². The molecule has 162 valence electrons. The normalized spacial score (nSPS) is 10.5. The zero-order valence-corrected chi connectivity index (χ0v) is 18.1. The van der Waals surface area contributed by atoms with Gasteiger partial charge in [0.05, 0.1) is 26.1 Å². The molecule has 0 spiro atoms. The van der Waals surface area contributed by atoms with Crippen LogP contribution in [0.3, 0.4) is 0 Å². The number of carbonyl (C=O) groups is 2. The van der Waals surface area contributed by atoms with E-state index in [4.69, 9.17) is 9.47 Å². The van der Waals surface area contributed by atoms with Crippen LogP contribution >= 0.6 is 0 Å². The Hall–Kier alpha value is -3.81. The first-order chi connectivity index (χ1) is 15.0. The average Bonchev–Trinajstić information content (AvgIpc) is 3.23. The van der Waals surface area contributed by atoms with Gasteiger partial charge in [0.1, 0.15) is 22.9 Å². The largest absolute Gasteiger partial charge is 0.497 e. The van der Waals surface area contributed by atoms with Crippen molar-refractivity contribution in [1.82, 2.24) is 14.7 Å². The lowest BCUT2D eigenvalue weighted by Gasteiger charge is -2.19. The molecule has 0 bridgehead atoms. The van der Waals surface area contributed by atoms with E-state index in [2.05, 4.69) is 10.4 Å². The SMILES string of the molecule is CCN(CC)C(=O)c1cnn(-c2ccccc2)c1NC(=O)c1cc(OC)cc(OC)c1. The predicted octanol–water partition coefficient (Wildman–Crippen LogP) is 3.62. The molecule has 3 rings (SSSR count). The van der Waals surface area contributed by atoms with Crippen molar-refractivity contribution >= 4 is 17.6 Å². The Balaban J connectivity index is 2.05. The van der Waals surface area contributed by atoms with E-state index in [1.54, 1.807) is 27.8 Å². The summed E-state index contributed by atoms with van der Waals surface area (Å²) < 4.78 is 12.1. The molecule has 1 aromatic heterocycles. The van der Waals surface area contributed by atoms with Crippen LogP contribution in [0.2, 0.25) is 0 Å². The van der Waals surface area contributed by atoms with Crippen LogP contribution in [0.5, 0.6) is 11.5 Å². The number of carbonyl (C=O) groups excluding carboxylic acids is 2. The van der Waals surface area contributed by atoms with E-state index in [9.17, 15) is 9.59 Å². The monoisotopic (exact) mass is 422 g/mol. The van der Waals surface area contributed by atoms with Gasteiger partial charge < -0.3 is 19.7 Å². The quantitative estimate of drug-likeness (QED) is 0.599. The number of amides is 2. The highest BCUT2D eigenvalue weighted by Gasteiger charge is 2.24. The van der Waals surface area contributed by atoms with Crippen molar-refractivity contribution in [3.8, 4) is 17.2 Å². The second-order valence-corrected chi connectivity index (χ2v) is 6.69. The molecular formula is C23H26N4O4. The summed E-state index contributed by atoms with van der Waals surface area (Å²) in [6.07, 6.45) is 1.48. The predicted molar refractivity (Wildman–Crippen MR) is 118 cm³/mol. The third kappa shape index (κ3) is 4.69. The highest BCUT2D eigenvalue weighted by atomic mass is 16.5. The van der Waals surface area contributed by atoms with E-state index in [0.717, 1.165) is 5.69 Å². The Labute approximate surface area is 181 Å². The van der Waals surface area contributed by atoms with Gasteiger partial charge >= 0.3 is 0 Å². The van der Waals surface area contributed by atoms with Crippen LogP contribution in [-0.2, 0) is 0 Å². The number of methoxy groups -OCH3 is 2. The van der Waals surface area contributed by atoms with Crippen molar-refractivity contribution in [2.45, 2.75) is 13.8 Å². The van der Waals surface area contributed by atoms with Crippen LogP contribution in [0, 0.1) is 0 Å². The highest BCUT2D eigenvalue weighted by Crippen LogP contribution is 2.26. The van der Waals surface area contributed by atoms with Gasteiger partial charge in [0.15, 0.2) is 0 Å². The molecule has 3 aromatic rings. The van der Waals surface area contributed by atoms with Crippen molar-refractivity contribution in [3.05, 3.63) is 65.9 Å². The summed E-state index contributed by atoms with van der Waals surface area (Å²) in [6, 6.07) is 14.2. The summed E-state index contributed by atoms with van der Waals surface area (Å²) in [6.45, 7) is 4.91. The molecule has 0 aliphatic carbocycles. The minimum absolute atomic E-state index is 0.203. The molecule has 2 amide bonds. The Morgan fingerprint density at radius 1 is 1.00 bits per heavy atom. The van der Waals surface area contributed by atoms with Crippen LogP contribution in [-0.4, -0.2) is 53.8 Å². The fourth-order valence-corrected chi connectivity index (χ4v) is 3.19. The summed E-state index contributed by atoms with van der Waals surface area (Å²) in [5.74, 6) is 0.657. The van der Waals surface area contributed by atoms with E-state index in [-0.39, 0.29) is 5.91 Å². The minimum atomic E-state index is -0.413. The first kappa shape index (κ1) is 21.9. The fourth-order valence-electron chi connectivity index (χ4n) is 3.19. The molecule has 2 aromatic carbocycles. The zero-order chi connectivity index (χ0) is 22.4. The number of nitrogens with one attached hydrogen (secondary N) is 1. The maximum Gasteiger partial charge on any atom is 0.259 e. The Kier molecular flexibility index (Phi) is 6.92. The third-order valence-electron chi connectivity index (χ3n) is 4.90.